The van der Waals surface area contributed by atoms with Crippen LogP contribution in [0.3, 0.4) is 0 Å². The minimum absolute atomic E-state index is 0.00852. The molecular formula is C9H6FN3O3. The van der Waals surface area contributed by atoms with Crippen LogP contribution >= 0.6 is 0 Å². The van der Waals surface area contributed by atoms with E-state index in [1.165, 1.54) is 6.07 Å². The van der Waals surface area contributed by atoms with Crippen LogP contribution in [-0.4, -0.2) is 10.1 Å². The molecule has 1 aromatic carbocycles. The zero-order chi connectivity index (χ0) is 11.7. The lowest BCUT2D eigenvalue weighted by Gasteiger charge is -1.98. The maximum atomic E-state index is 13.0. The lowest BCUT2D eigenvalue weighted by Crippen LogP contribution is -1.92. The highest BCUT2D eigenvalue weighted by Gasteiger charge is 2.19. The fourth-order valence-corrected chi connectivity index (χ4v) is 1.28. The number of benzene rings is 1. The van der Waals surface area contributed by atoms with Gasteiger partial charge in [0.25, 0.3) is 5.69 Å². The van der Waals surface area contributed by atoms with E-state index in [-0.39, 0.29) is 22.8 Å². The van der Waals surface area contributed by atoms with E-state index in [0.717, 1.165) is 18.2 Å². The number of nitrogen functional groups attached to an aromatic ring is 1. The minimum atomic E-state index is -0.631. The summed E-state index contributed by atoms with van der Waals surface area (Å²) in [5.74, 6) is -0.465. The van der Waals surface area contributed by atoms with Crippen molar-refractivity contribution in [2.45, 2.75) is 0 Å². The second-order valence-corrected chi connectivity index (χ2v) is 3.03. The van der Waals surface area contributed by atoms with Crippen LogP contribution < -0.4 is 5.73 Å². The molecule has 0 spiro atoms. The van der Waals surface area contributed by atoms with Gasteiger partial charge in [0.1, 0.15) is 11.4 Å². The van der Waals surface area contributed by atoms with Crippen LogP contribution in [0.15, 0.2) is 28.8 Å². The third kappa shape index (κ3) is 1.70. The number of nitrogens with zero attached hydrogens (tertiary/aromatic N) is 2. The first-order chi connectivity index (χ1) is 7.58. The predicted octanol–water partition coefficient (Wildman–Crippen LogP) is 1.97. The Morgan fingerprint density at radius 1 is 1.44 bits per heavy atom. The normalized spacial score (nSPS) is 10.3. The Labute approximate surface area is 88.6 Å². The third-order valence-electron chi connectivity index (χ3n) is 1.95. The lowest BCUT2D eigenvalue weighted by atomic mass is 10.1. The molecule has 2 N–H and O–H groups in total. The van der Waals surface area contributed by atoms with Crippen molar-refractivity contribution in [2.75, 3.05) is 5.73 Å². The molecule has 1 heterocycles. The second-order valence-electron chi connectivity index (χ2n) is 3.03. The fraction of sp³-hybridized carbons (Fsp3) is 0. The molecule has 0 bridgehead atoms. The monoisotopic (exact) mass is 223 g/mol. The van der Waals surface area contributed by atoms with E-state index < -0.39 is 10.7 Å². The van der Waals surface area contributed by atoms with Crippen molar-refractivity contribution < 1.29 is 13.8 Å². The minimum Gasteiger partial charge on any atom is -0.381 e. The molecule has 0 saturated carbocycles. The molecular weight excluding hydrogens is 217 g/mol. The SMILES string of the molecule is Nc1cc(-c2cc(F)ccc2[N+](=O)[O-])on1. The number of nitro groups is 1. The van der Waals surface area contributed by atoms with Crippen LogP contribution in [0, 0.1) is 15.9 Å². The lowest BCUT2D eigenvalue weighted by molar-refractivity contribution is -0.384. The second kappa shape index (κ2) is 3.61. The Kier molecular flexibility index (Phi) is 2.28. The van der Waals surface area contributed by atoms with Crippen molar-refractivity contribution >= 4 is 11.5 Å². The smallest absolute Gasteiger partial charge is 0.280 e. The van der Waals surface area contributed by atoms with Gasteiger partial charge in [0.2, 0.25) is 0 Å². The molecule has 16 heavy (non-hydrogen) atoms. The largest absolute Gasteiger partial charge is 0.381 e. The summed E-state index contributed by atoms with van der Waals surface area (Å²) in [6.45, 7) is 0. The van der Waals surface area contributed by atoms with Crippen LogP contribution in [0.2, 0.25) is 0 Å². The van der Waals surface area contributed by atoms with Gasteiger partial charge in [0.15, 0.2) is 11.6 Å². The number of nitro benzene ring substituents is 1. The van der Waals surface area contributed by atoms with E-state index in [2.05, 4.69) is 5.16 Å². The molecule has 6 nitrogen and oxygen atoms in total. The first-order valence-corrected chi connectivity index (χ1v) is 4.24. The summed E-state index contributed by atoms with van der Waals surface area (Å²) >= 11 is 0. The Hall–Kier alpha value is -2.44. The van der Waals surface area contributed by atoms with E-state index in [1.807, 2.05) is 0 Å². The van der Waals surface area contributed by atoms with E-state index in [9.17, 15) is 14.5 Å². The van der Waals surface area contributed by atoms with Crippen LogP contribution in [0.25, 0.3) is 11.3 Å². The Morgan fingerprint density at radius 2 is 2.19 bits per heavy atom. The Bertz CT molecular complexity index is 553. The highest BCUT2D eigenvalue weighted by atomic mass is 19.1. The number of hydrogen-bond acceptors (Lipinski definition) is 5. The van der Waals surface area contributed by atoms with Gasteiger partial charge in [-0.25, -0.2) is 4.39 Å². The maximum Gasteiger partial charge on any atom is 0.280 e. The van der Waals surface area contributed by atoms with Gasteiger partial charge in [-0.3, -0.25) is 10.1 Å². The molecule has 0 aliphatic rings. The fourth-order valence-electron chi connectivity index (χ4n) is 1.28. The highest BCUT2D eigenvalue weighted by Crippen LogP contribution is 2.31. The van der Waals surface area contributed by atoms with Crippen LogP contribution in [-0.2, 0) is 0 Å². The van der Waals surface area contributed by atoms with E-state index in [1.54, 1.807) is 0 Å². The van der Waals surface area contributed by atoms with Crippen LogP contribution in [0.5, 0.6) is 0 Å². The van der Waals surface area contributed by atoms with E-state index in [4.69, 9.17) is 10.3 Å². The first-order valence-electron chi connectivity index (χ1n) is 4.24. The average Bonchev–Trinajstić information content (AvgIpc) is 2.64. The number of hydrogen-bond donors (Lipinski definition) is 1. The molecule has 82 valence electrons. The summed E-state index contributed by atoms with van der Waals surface area (Å²) in [6.07, 6.45) is 0. The number of rotatable bonds is 2. The molecule has 0 amide bonds. The van der Waals surface area contributed by atoms with Crippen molar-refractivity contribution in [3.63, 3.8) is 0 Å². The van der Waals surface area contributed by atoms with E-state index >= 15 is 0 Å². The van der Waals surface area contributed by atoms with Crippen molar-refractivity contribution in [2.24, 2.45) is 0 Å². The topological polar surface area (TPSA) is 95.2 Å². The summed E-state index contributed by atoms with van der Waals surface area (Å²) in [7, 11) is 0. The van der Waals surface area contributed by atoms with Crippen LogP contribution in [0.1, 0.15) is 0 Å². The van der Waals surface area contributed by atoms with E-state index in [0.29, 0.717) is 0 Å². The zero-order valence-corrected chi connectivity index (χ0v) is 7.88. The molecule has 2 aromatic rings. The zero-order valence-electron chi connectivity index (χ0n) is 7.88. The predicted molar refractivity (Wildman–Crippen MR) is 53.0 cm³/mol. The number of aromatic nitrogens is 1. The molecule has 0 aliphatic carbocycles. The van der Waals surface area contributed by atoms with Crippen molar-refractivity contribution in [3.8, 4) is 11.3 Å². The summed E-state index contributed by atoms with van der Waals surface area (Å²) in [6, 6.07) is 4.35. The van der Waals surface area contributed by atoms with Gasteiger partial charge in [0.05, 0.1) is 4.92 Å². The summed E-state index contributed by atoms with van der Waals surface area (Å²) in [4.78, 5) is 10.1. The third-order valence-corrected chi connectivity index (χ3v) is 1.95. The number of anilines is 1. The quantitative estimate of drug-likeness (QED) is 0.620. The van der Waals surface area contributed by atoms with Gasteiger partial charge in [-0.2, -0.15) is 0 Å². The van der Waals surface area contributed by atoms with Gasteiger partial charge < -0.3 is 10.3 Å². The van der Waals surface area contributed by atoms with Gasteiger partial charge in [-0.05, 0) is 12.1 Å². The molecule has 0 saturated heterocycles. The molecule has 1 aromatic heterocycles. The summed E-state index contributed by atoms with van der Waals surface area (Å²) in [5, 5.41) is 14.1. The first kappa shape index (κ1) is 10.1. The molecule has 0 fully saturated rings. The Balaban J connectivity index is 2.62. The summed E-state index contributed by atoms with van der Waals surface area (Å²) in [5.41, 5.74) is 5.05. The maximum absolute atomic E-state index is 13.0. The molecule has 0 radical (unpaired) electrons. The van der Waals surface area contributed by atoms with Crippen molar-refractivity contribution in [1.29, 1.82) is 0 Å². The molecule has 0 aliphatic heterocycles. The van der Waals surface area contributed by atoms with Gasteiger partial charge in [-0.15, -0.1) is 0 Å². The standard InChI is InChI=1S/C9H6FN3O3/c10-5-1-2-7(13(14)15)6(3-5)8-4-9(11)12-16-8/h1-4H,(H2,11,12). The molecule has 7 heteroatoms. The molecule has 0 atom stereocenters. The highest BCUT2D eigenvalue weighted by molar-refractivity contribution is 5.70. The Morgan fingerprint density at radius 3 is 2.75 bits per heavy atom. The average molecular weight is 223 g/mol. The molecule has 2 rings (SSSR count). The van der Waals surface area contributed by atoms with Crippen LogP contribution in [0.4, 0.5) is 15.9 Å². The van der Waals surface area contributed by atoms with Crippen molar-refractivity contribution in [3.05, 3.63) is 40.2 Å². The number of halogens is 1. The van der Waals surface area contributed by atoms with Gasteiger partial charge in [0, 0.05) is 12.1 Å². The van der Waals surface area contributed by atoms with Gasteiger partial charge in [-0.1, -0.05) is 5.16 Å². The van der Waals surface area contributed by atoms with Crippen molar-refractivity contribution in [1.82, 2.24) is 5.16 Å². The van der Waals surface area contributed by atoms with Gasteiger partial charge >= 0.3 is 0 Å². The summed E-state index contributed by atoms with van der Waals surface area (Å²) < 4.78 is 17.7. The number of nitrogens with two attached hydrogens (primary N) is 1. The molecule has 0 unspecified atom stereocenters.